The van der Waals surface area contributed by atoms with Crippen LogP contribution in [0.3, 0.4) is 0 Å². The first kappa shape index (κ1) is 10.5. The molecule has 2 saturated carbocycles. The van der Waals surface area contributed by atoms with Gasteiger partial charge in [-0.1, -0.05) is 32.6 Å². The van der Waals surface area contributed by atoms with Gasteiger partial charge in [0.25, 0.3) is 0 Å². The zero-order chi connectivity index (χ0) is 9.80. The van der Waals surface area contributed by atoms with Gasteiger partial charge in [0.1, 0.15) is 0 Å². The minimum Gasteiger partial charge on any atom is -0.314 e. The minimum absolute atomic E-state index is 0.904. The first-order chi connectivity index (χ1) is 6.84. The molecular formula is C13H25N. The zero-order valence-corrected chi connectivity index (χ0v) is 9.60. The lowest BCUT2D eigenvalue weighted by molar-refractivity contribution is 0.273. The third kappa shape index (κ3) is 3.61. The number of rotatable bonds is 5. The molecular weight excluding hydrogens is 170 g/mol. The highest BCUT2D eigenvalue weighted by molar-refractivity contribution is 4.80. The maximum atomic E-state index is 3.60. The van der Waals surface area contributed by atoms with Crippen molar-refractivity contribution in [2.75, 3.05) is 6.54 Å². The number of hydrogen-bond acceptors (Lipinski definition) is 1. The first-order valence-electron chi connectivity index (χ1n) is 6.58. The predicted molar refractivity (Wildman–Crippen MR) is 61.4 cm³/mol. The van der Waals surface area contributed by atoms with Gasteiger partial charge in [0.05, 0.1) is 0 Å². The number of hydrogen-bond donors (Lipinski definition) is 1. The molecule has 0 aromatic heterocycles. The molecule has 82 valence electrons. The Balaban J connectivity index is 1.47. The normalized spacial score (nSPS) is 33.2. The summed E-state index contributed by atoms with van der Waals surface area (Å²) in [4.78, 5) is 0. The summed E-state index contributed by atoms with van der Waals surface area (Å²) in [6, 6.07) is 0.904. The van der Waals surface area contributed by atoms with Crippen molar-refractivity contribution >= 4 is 0 Å². The van der Waals surface area contributed by atoms with Gasteiger partial charge in [-0.3, -0.25) is 0 Å². The molecule has 2 fully saturated rings. The maximum absolute atomic E-state index is 3.60. The molecule has 0 saturated heterocycles. The second-order valence-corrected chi connectivity index (χ2v) is 5.50. The van der Waals surface area contributed by atoms with Crippen molar-refractivity contribution in [3.05, 3.63) is 0 Å². The van der Waals surface area contributed by atoms with E-state index in [1.807, 2.05) is 0 Å². The molecule has 1 heteroatoms. The summed E-state index contributed by atoms with van der Waals surface area (Å²) in [7, 11) is 0. The highest BCUT2D eigenvalue weighted by atomic mass is 14.9. The highest BCUT2D eigenvalue weighted by Gasteiger charge is 2.20. The second kappa shape index (κ2) is 5.16. The third-order valence-corrected chi connectivity index (χ3v) is 3.93. The standard InChI is InChI=1S/C13H25N/c1-11-4-6-12(7-5-11)3-2-10-14-13-8-9-13/h11-14H,2-10H2,1H3. The van der Waals surface area contributed by atoms with E-state index in [-0.39, 0.29) is 0 Å². The van der Waals surface area contributed by atoms with Crippen LogP contribution in [0.1, 0.15) is 58.3 Å². The van der Waals surface area contributed by atoms with Crippen LogP contribution in [-0.2, 0) is 0 Å². The zero-order valence-electron chi connectivity index (χ0n) is 9.60. The van der Waals surface area contributed by atoms with Crippen LogP contribution in [-0.4, -0.2) is 12.6 Å². The van der Waals surface area contributed by atoms with E-state index in [1.165, 1.54) is 57.9 Å². The molecule has 0 atom stereocenters. The summed E-state index contributed by atoms with van der Waals surface area (Å²) < 4.78 is 0. The molecule has 2 aliphatic carbocycles. The maximum Gasteiger partial charge on any atom is 0.00682 e. The van der Waals surface area contributed by atoms with Gasteiger partial charge < -0.3 is 5.32 Å². The van der Waals surface area contributed by atoms with Crippen LogP contribution in [0.4, 0.5) is 0 Å². The average Bonchev–Trinajstić information content (AvgIpc) is 2.99. The van der Waals surface area contributed by atoms with Crippen LogP contribution in [0.5, 0.6) is 0 Å². The van der Waals surface area contributed by atoms with Crippen LogP contribution < -0.4 is 5.32 Å². The molecule has 0 aromatic carbocycles. The lowest BCUT2D eigenvalue weighted by Gasteiger charge is -2.26. The number of nitrogens with one attached hydrogen (secondary N) is 1. The average molecular weight is 195 g/mol. The summed E-state index contributed by atoms with van der Waals surface area (Å²) in [5, 5.41) is 3.60. The van der Waals surface area contributed by atoms with E-state index >= 15 is 0 Å². The van der Waals surface area contributed by atoms with Crippen LogP contribution in [0.2, 0.25) is 0 Å². The molecule has 1 N–H and O–H groups in total. The van der Waals surface area contributed by atoms with Crippen LogP contribution >= 0.6 is 0 Å². The first-order valence-corrected chi connectivity index (χ1v) is 6.58. The van der Waals surface area contributed by atoms with Gasteiger partial charge in [0.15, 0.2) is 0 Å². The fourth-order valence-electron chi connectivity index (χ4n) is 2.60. The Bertz CT molecular complexity index is 155. The lowest BCUT2D eigenvalue weighted by Crippen LogP contribution is -2.19. The minimum atomic E-state index is 0.904. The van der Waals surface area contributed by atoms with E-state index in [0.29, 0.717) is 0 Å². The van der Waals surface area contributed by atoms with E-state index in [1.54, 1.807) is 0 Å². The second-order valence-electron chi connectivity index (χ2n) is 5.50. The molecule has 2 rings (SSSR count). The predicted octanol–water partition coefficient (Wildman–Crippen LogP) is 3.34. The molecule has 0 unspecified atom stereocenters. The van der Waals surface area contributed by atoms with Crippen molar-refractivity contribution in [2.45, 2.75) is 64.3 Å². The van der Waals surface area contributed by atoms with Crippen molar-refractivity contribution in [1.82, 2.24) is 5.32 Å². The topological polar surface area (TPSA) is 12.0 Å². The van der Waals surface area contributed by atoms with Crippen LogP contribution in [0, 0.1) is 11.8 Å². The molecule has 0 bridgehead atoms. The van der Waals surface area contributed by atoms with Crippen molar-refractivity contribution in [2.24, 2.45) is 11.8 Å². The highest BCUT2D eigenvalue weighted by Crippen LogP contribution is 2.31. The summed E-state index contributed by atoms with van der Waals surface area (Å²) in [5.74, 6) is 2.07. The summed E-state index contributed by atoms with van der Waals surface area (Å²) in [5.41, 5.74) is 0. The third-order valence-electron chi connectivity index (χ3n) is 3.93. The molecule has 0 radical (unpaired) electrons. The molecule has 0 spiro atoms. The Morgan fingerprint density at radius 3 is 2.36 bits per heavy atom. The van der Waals surface area contributed by atoms with E-state index in [9.17, 15) is 0 Å². The van der Waals surface area contributed by atoms with E-state index < -0.39 is 0 Å². The smallest absolute Gasteiger partial charge is 0.00682 e. The lowest BCUT2D eigenvalue weighted by atomic mass is 9.81. The Morgan fingerprint density at radius 2 is 1.71 bits per heavy atom. The fourth-order valence-corrected chi connectivity index (χ4v) is 2.60. The van der Waals surface area contributed by atoms with Gasteiger partial charge in [-0.25, -0.2) is 0 Å². The summed E-state index contributed by atoms with van der Waals surface area (Å²) >= 11 is 0. The van der Waals surface area contributed by atoms with Crippen LogP contribution in [0.15, 0.2) is 0 Å². The molecule has 1 nitrogen and oxygen atoms in total. The van der Waals surface area contributed by atoms with Crippen molar-refractivity contribution in [1.29, 1.82) is 0 Å². The quantitative estimate of drug-likeness (QED) is 0.663. The monoisotopic (exact) mass is 195 g/mol. The van der Waals surface area contributed by atoms with Gasteiger partial charge in [0, 0.05) is 6.04 Å². The van der Waals surface area contributed by atoms with Gasteiger partial charge >= 0.3 is 0 Å². The molecule has 2 aliphatic rings. The fraction of sp³-hybridized carbons (Fsp3) is 1.00. The van der Waals surface area contributed by atoms with Crippen molar-refractivity contribution in [3.63, 3.8) is 0 Å². The van der Waals surface area contributed by atoms with Crippen molar-refractivity contribution < 1.29 is 0 Å². The van der Waals surface area contributed by atoms with Crippen LogP contribution in [0.25, 0.3) is 0 Å². The molecule has 0 amide bonds. The van der Waals surface area contributed by atoms with E-state index in [0.717, 1.165) is 17.9 Å². The summed E-state index contributed by atoms with van der Waals surface area (Å²) in [6.45, 7) is 3.68. The van der Waals surface area contributed by atoms with E-state index in [2.05, 4.69) is 12.2 Å². The SMILES string of the molecule is CC1CCC(CCCNC2CC2)CC1. The largest absolute Gasteiger partial charge is 0.314 e. The Labute approximate surface area is 88.7 Å². The van der Waals surface area contributed by atoms with E-state index in [4.69, 9.17) is 0 Å². The van der Waals surface area contributed by atoms with Crippen molar-refractivity contribution in [3.8, 4) is 0 Å². The molecule has 14 heavy (non-hydrogen) atoms. The molecule has 0 aromatic rings. The van der Waals surface area contributed by atoms with Gasteiger partial charge in [0.2, 0.25) is 0 Å². The molecule has 0 heterocycles. The Kier molecular flexibility index (Phi) is 3.86. The Morgan fingerprint density at radius 1 is 1.00 bits per heavy atom. The van der Waals surface area contributed by atoms with Gasteiger partial charge in [-0.15, -0.1) is 0 Å². The summed E-state index contributed by atoms with van der Waals surface area (Å²) in [6.07, 6.45) is 11.7. The van der Waals surface area contributed by atoms with Gasteiger partial charge in [-0.2, -0.15) is 0 Å². The van der Waals surface area contributed by atoms with Gasteiger partial charge in [-0.05, 0) is 44.1 Å². The Hall–Kier alpha value is -0.0400. The molecule has 0 aliphatic heterocycles.